The van der Waals surface area contributed by atoms with E-state index < -0.39 is 11.0 Å². The fourth-order valence-corrected chi connectivity index (χ4v) is 4.04. The van der Waals surface area contributed by atoms with Crippen molar-refractivity contribution in [2.24, 2.45) is 0 Å². The van der Waals surface area contributed by atoms with Crippen LogP contribution >= 0.6 is 0 Å². The molecule has 0 fully saturated rings. The maximum absolute atomic E-state index is 13.5. The average molecular weight is 436 g/mol. The predicted octanol–water partition coefficient (Wildman–Crippen LogP) is 4.37. The van der Waals surface area contributed by atoms with Crippen molar-refractivity contribution in [3.05, 3.63) is 85.3 Å². The summed E-state index contributed by atoms with van der Waals surface area (Å²) in [4.78, 5) is 38.9. The summed E-state index contributed by atoms with van der Waals surface area (Å²) in [6, 6.07) is 10.5. The van der Waals surface area contributed by atoms with E-state index in [0.29, 0.717) is 36.1 Å². The molecule has 3 aromatic rings. The number of amides is 1. The lowest BCUT2D eigenvalue weighted by Gasteiger charge is -2.25. The number of ether oxygens (including phenoxy) is 1. The summed E-state index contributed by atoms with van der Waals surface area (Å²) in [5.41, 5.74) is 1.83. The SMILES string of the molecule is Cc1ccc2oc3c(c(=O)c2c1)C(c1ccc([N+](=O)[O-])cc1)N(CCCOC(C)C)C3=O. The first-order chi connectivity index (χ1) is 15.3. The summed E-state index contributed by atoms with van der Waals surface area (Å²) >= 11 is 0. The molecule has 0 N–H and O–H groups in total. The van der Waals surface area contributed by atoms with E-state index in [2.05, 4.69) is 0 Å². The van der Waals surface area contributed by atoms with Crippen LogP contribution in [-0.4, -0.2) is 35.0 Å². The zero-order valence-electron chi connectivity index (χ0n) is 18.2. The minimum Gasteiger partial charge on any atom is -0.450 e. The summed E-state index contributed by atoms with van der Waals surface area (Å²) in [7, 11) is 0. The highest BCUT2D eigenvalue weighted by Gasteiger charge is 2.42. The summed E-state index contributed by atoms with van der Waals surface area (Å²) in [5, 5.41) is 11.5. The maximum Gasteiger partial charge on any atom is 0.290 e. The number of non-ortho nitro benzene ring substituents is 1. The molecule has 1 atom stereocenters. The lowest BCUT2D eigenvalue weighted by molar-refractivity contribution is -0.384. The molecular weight excluding hydrogens is 412 g/mol. The Hall–Kier alpha value is -3.52. The number of benzene rings is 2. The van der Waals surface area contributed by atoms with Crippen molar-refractivity contribution in [3.63, 3.8) is 0 Å². The van der Waals surface area contributed by atoms with Gasteiger partial charge in [-0.2, -0.15) is 0 Å². The Morgan fingerprint density at radius 1 is 1.16 bits per heavy atom. The second-order valence-electron chi connectivity index (χ2n) is 8.20. The summed E-state index contributed by atoms with van der Waals surface area (Å²) < 4.78 is 11.5. The van der Waals surface area contributed by atoms with Crippen molar-refractivity contribution < 1.29 is 18.9 Å². The minimum atomic E-state index is -0.682. The molecule has 32 heavy (non-hydrogen) atoms. The minimum absolute atomic E-state index is 0.0273. The van der Waals surface area contributed by atoms with Gasteiger partial charge in [0.1, 0.15) is 5.58 Å². The molecule has 1 aliphatic heterocycles. The Balaban J connectivity index is 1.81. The van der Waals surface area contributed by atoms with Crippen molar-refractivity contribution in [1.29, 1.82) is 0 Å². The lowest BCUT2D eigenvalue weighted by atomic mass is 9.98. The molecule has 0 aliphatic carbocycles. The van der Waals surface area contributed by atoms with Gasteiger partial charge in [0.05, 0.1) is 28.0 Å². The highest BCUT2D eigenvalue weighted by molar-refractivity contribution is 5.99. The second-order valence-corrected chi connectivity index (χ2v) is 8.20. The molecule has 166 valence electrons. The van der Waals surface area contributed by atoms with Gasteiger partial charge < -0.3 is 14.1 Å². The van der Waals surface area contributed by atoms with Gasteiger partial charge in [0.2, 0.25) is 5.76 Å². The third kappa shape index (κ3) is 3.89. The van der Waals surface area contributed by atoms with Crippen molar-refractivity contribution in [2.75, 3.05) is 13.2 Å². The van der Waals surface area contributed by atoms with Gasteiger partial charge in [0.15, 0.2) is 5.43 Å². The van der Waals surface area contributed by atoms with Crippen LogP contribution in [0.1, 0.15) is 53.6 Å². The Kier molecular flexibility index (Phi) is 5.80. The molecule has 1 aromatic heterocycles. The van der Waals surface area contributed by atoms with Crippen LogP contribution < -0.4 is 5.43 Å². The largest absolute Gasteiger partial charge is 0.450 e. The molecule has 1 unspecified atom stereocenters. The normalized spacial score (nSPS) is 15.6. The quantitative estimate of drug-likeness (QED) is 0.310. The van der Waals surface area contributed by atoms with Gasteiger partial charge in [-0.25, -0.2) is 0 Å². The van der Waals surface area contributed by atoms with Crippen LogP contribution in [0.3, 0.4) is 0 Å². The van der Waals surface area contributed by atoms with E-state index in [-0.39, 0.29) is 34.5 Å². The number of nitro benzene ring substituents is 1. The number of aryl methyl sites for hydroxylation is 1. The topological polar surface area (TPSA) is 103 Å². The van der Waals surface area contributed by atoms with Crippen LogP contribution in [0.2, 0.25) is 0 Å². The number of nitro groups is 1. The van der Waals surface area contributed by atoms with Crippen molar-refractivity contribution in [1.82, 2.24) is 4.90 Å². The van der Waals surface area contributed by atoms with Gasteiger partial charge in [-0.05, 0) is 57.0 Å². The van der Waals surface area contributed by atoms with E-state index in [1.54, 1.807) is 29.2 Å². The van der Waals surface area contributed by atoms with Crippen LogP contribution in [0.25, 0.3) is 11.0 Å². The third-order valence-electron chi connectivity index (χ3n) is 5.54. The van der Waals surface area contributed by atoms with Crippen LogP contribution in [0, 0.1) is 17.0 Å². The lowest BCUT2D eigenvalue weighted by Crippen LogP contribution is -2.31. The Labute approximate surface area is 184 Å². The van der Waals surface area contributed by atoms with Crippen LogP contribution in [-0.2, 0) is 4.74 Å². The van der Waals surface area contributed by atoms with Crippen LogP contribution in [0.15, 0.2) is 51.7 Å². The van der Waals surface area contributed by atoms with Gasteiger partial charge in [0, 0.05) is 25.3 Å². The summed E-state index contributed by atoms with van der Waals surface area (Å²) in [5.74, 6) is -0.341. The zero-order valence-corrected chi connectivity index (χ0v) is 18.2. The van der Waals surface area contributed by atoms with E-state index in [4.69, 9.17) is 9.15 Å². The van der Waals surface area contributed by atoms with Gasteiger partial charge >= 0.3 is 0 Å². The Bertz CT molecular complexity index is 1250. The highest BCUT2D eigenvalue weighted by Crippen LogP contribution is 2.38. The van der Waals surface area contributed by atoms with E-state index in [1.165, 1.54) is 12.1 Å². The molecule has 0 bridgehead atoms. The van der Waals surface area contributed by atoms with E-state index >= 15 is 0 Å². The van der Waals surface area contributed by atoms with Crippen molar-refractivity contribution in [2.45, 2.75) is 39.3 Å². The van der Waals surface area contributed by atoms with Crippen molar-refractivity contribution in [3.8, 4) is 0 Å². The number of carbonyl (C=O) groups is 1. The smallest absolute Gasteiger partial charge is 0.290 e. The standard InChI is InChI=1S/C24H24N2O6/c1-14(2)31-12-4-11-25-21(16-6-8-17(9-7-16)26(29)30)20-22(27)18-13-15(3)5-10-19(18)32-23(20)24(25)28/h5-10,13-14,21H,4,11-12H2,1-3H3. The number of fused-ring (bicyclic) bond motifs is 2. The van der Waals surface area contributed by atoms with Crippen LogP contribution in [0.5, 0.6) is 0 Å². The molecule has 1 amide bonds. The molecule has 8 nitrogen and oxygen atoms in total. The zero-order chi connectivity index (χ0) is 23.0. The molecule has 0 radical (unpaired) electrons. The molecule has 0 spiro atoms. The van der Waals surface area contributed by atoms with E-state index in [0.717, 1.165) is 5.56 Å². The van der Waals surface area contributed by atoms with Gasteiger partial charge in [-0.1, -0.05) is 11.6 Å². The maximum atomic E-state index is 13.5. The molecular formula is C24H24N2O6. The van der Waals surface area contributed by atoms with Crippen molar-refractivity contribution >= 4 is 22.6 Å². The molecule has 2 aromatic carbocycles. The number of rotatable bonds is 7. The van der Waals surface area contributed by atoms with E-state index in [1.807, 2.05) is 26.8 Å². The first-order valence-electron chi connectivity index (χ1n) is 10.5. The molecule has 2 heterocycles. The molecule has 4 rings (SSSR count). The van der Waals surface area contributed by atoms with E-state index in [9.17, 15) is 19.7 Å². The predicted molar refractivity (Wildman–Crippen MR) is 119 cm³/mol. The Morgan fingerprint density at radius 2 is 1.88 bits per heavy atom. The second kappa shape index (κ2) is 8.55. The average Bonchev–Trinajstić information content (AvgIpc) is 3.04. The number of hydrogen-bond donors (Lipinski definition) is 0. The molecule has 0 saturated carbocycles. The Morgan fingerprint density at radius 3 is 2.53 bits per heavy atom. The fraction of sp³-hybridized carbons (Fsp3) is 0.333. The number of nitrogens with zero attached hydrogens (tertiary/aromatic N) is 2. The number of hydrogen-bond acceptors (Lipinski definition) is 6. The monoisotopic (exact) mass is 436 g/mol. The van der Waals surface area contributed by atoms with Gasteiger partial charge in [0.25, 0.3) is 11.6 Å². The molecule has 8 heteroatoms. The van der Waals surface area contributed by atoms with Crippen LogP contribution in [0.4, 0.5) is 5.69 Å². The molecule has 1 aliphatic rings. The molecule has 0 saturated heterocycles. The first kappa shape index (κ1) is 21.7. The summed E-state index contributed by atoms with van der Waals surface area (Å²) in [6.07, 6.45) is 0.650. The van der Waals surface area contributed by atoms with Gasteiger partial charge in [-0.3, -0.25) is 19.7 Å². The third-order valence-corrected chi connectivity index (χ3v) is 5.54. The summed E-state index contributed by atoms with van der Waals surface area (Å²) in [6.45, 7) is 6.57. The fourth-order valence-electron chi connectivity index (χ4n) is 4.04. The highest BCUT2D eigenvalue weighted by atomic mass is 16.6. The number of carbonyl (C=O) groups excluding carboxylic acids is 1. The first-order valence-corrected chi connectivity index (χ1v) is 10.5. The van der Waals surface area contributed by atoms with Gasteiger partial charge in [-0.15, -0.1) is 0 Å².